The number of hydrogen-bond acceptors (Lipinski definition) is 2. The van der Waals surface area contributed by atoms with Crippen molar-refractivity contribution in [2.24, 2.45) is 5.11 Å². The molecule has 0 radical (unpaired) electrons. The van der Waals surface area contributed by atoms with Gasteiger partial charge >= 0.3 is 0 Å². The maximum absolute atomic E-state index is 11.2. The maximum atomic E-state index is 11.2. The van der Waals surface area contributed by atoms with E-state index in [2.05, 4.69) is 27.2 Å². The molecule has 1 amide bonds. The van der Waals surface area contributed by atoms with Gasteiger partial charge in [0.05, 0.1) is 6.54 Å². The Hall–Kier alpha value is -2.44. The Balaban J connectivity index is 2.18. The van der Waals surface area contributed by atoms with Gasteiger partial charge in [0.1, 0.15) is 0 Å². The van der Waals surface area contributed by atoms with Crippen LogP contribution in [0.5, 0.6) is 0 Å². The summed E-state index contributed by atoms with van der Waals surface area (Å²) in [5, 5.41) is 6.14. The van der Waals surface area contributed by atoms with Crippen molar-refractivity contribution in [1.29, 1.82) is 0 Å². The van der Waals surface area contributed by atoms with Crippen molar-refractivity contribution >= 4 is 11.6 Å². The monoisotopic (exact) mass is 226 g/mol. The molecule has 1 aliphatic rings. The van der Waals surface area contributed by atoms with Gasteiger partial charge in [-0.15, -0.1) is 0 Å². The number of rotatable bonds is 1. The van der Waals surface area contributed by atoms with E-state index in [1.54, 1.807) is 0 Å². The summed E-state index contributed by atoms with van der Waals surface area (Å²) < 4.78 is 0. The largest absolute Gasteiger partial charge is 0.326 e. The third-order valence-corrected chi connectivity index (χ3v) is 2.45. The van der Waals surface area contributed by atoms with Crippen LogP contribution in [0.2, 0.25) is 0 Å². The Morgan fingerprint density at radius 1 is 1.47 bits per heavy atom. The molecule has 0 saturated heterocycles. The molecule has 5 heteroatoms. The minimum Gasteiger partial charge on any atom is -0.326 e. The van der Waals surface area contributed by atoms with Crippen LogP contribution in [0, 0.1) is 11.8 Å². The zero-order valence-corrected chi connectivity index (χ0v) is 9.10. The number of fused-ring (bicyclic) bond motifs is 1. The van der Waals surface area contributed by atoms with Crippen molar-refractivity contribution in [1.82, 2.24) is 0 Å². The molecule has 1 aromatic rings. The fraction of sp³-hybridized carbons (Fsp3) is 0.250. The number of hydrogen-bond donors (Lipinski definition) is 1. The van der Waals surface area contributed by atoms with Gasteiger partial charge in [-0.2, -0.15) is 0 Å². The van der Waals surface area contributed by atoms with Crippen molar-refractivity contribution in [3.63, 3.8) is 0 Å². The highest BCUT2D eigenvalue weighted by Crippen LogP contribution is 2.23. The normalized spacial score (nSPS) is 12.6. The lowest BCUT2D eigenvalue weighted by Crippen LogP contribution is -2.18. The molecule has 0 atom stereocenters. The minimum absolute atomic E-state index is 0.0553. The standard InChI is InChI=1S/C12H10N4O/c13-16-14-7-1-2-9-3-5-11-10(8-9)4-6-12(17)15-11/h3,5,8H,4,6-7H2,(H,15,17). The quantitative estimate of drug-likeness (QED) is 0.339. The first kappa shape index (κ1) is 11.1. The van der Waals surface area contributed by atoms with Crippen LogP contribution >= 0.6 is 0 Å². The topological polar surface area (TPSA) is 77.9 Å². The molecule has 1 aromatic carbocycles. The molecule has 0 saturated carbocycles. The molecule has 1 N–H and O–H groups in total. The molecule has 84 valence electrons. The maximum Gasteiger partial charge on any atom is 0.224 e. The van der Waals surface area contributed by atoms with Crippen molar-refractivity contribution in [3.8, 4) is 11.8 Å². The van der Waals surface area contributed by atoms with E-state index in [1.165, 1.54) is 0 Å². The molecule has 0 unspecified atom stereocenters. The second-order valence-corrected chi connectivity index (χ2v) is 3.61. The van der Waals surface area contributed by atoms with E-state index in [0.29, 0.717) is 6.42 Å². The van der Waals surface area contributed by atoms with Gasteiger partial charge in [0.15, 0.2) is 0 Å². The van der Waals surface area contributed by atoms with Gasteiger partial charge in [-0.1, -0.05) is 17.0 Å². The van der Waals surface area contributed by atoms with E-state index in [0.717, 1.165) is 23.2 Å². The second kappa shape index (κ2) is 5.06. The number of amides is 1. The number of anilines is 1. The average Bonchev–Trinajstić information content (AvgIpc) is 2.35. The van der Waals surface area contributed by atoms with Gasteiger partial charge in [-0.05, 0) is 35.7 Å². The van der Waals surface area contributed by atoms with Crippen molar-refractivity contribution in [2.75, 3.05) is 11.9 Å². The van der Waals surface area contributed by atoms with Crippen LogP contribution in [0.25, 0.3) is 10.4 Å². The lowest BCUT2D eigenvalue weighted by molar-refractivity contribution is -0.116. The summed E-state index contributed by atoms with van der Waals surface area (Å²) in [5.74, 6) is 5.73. The summed E-state index contributed by atoms with van der Waals surface area (Å²) in [5.41, 5.74) is 10.9. The van der Waals surface area contributed by atoms with Gasteiger partial charge in [0.2, 0.25) is 5.91 Å². The molecule has 0 fully saturated rings. The van der Waals surface area contributed by atoms with Crippen LogP contribution in [0.15, 0.2) is 23.3 Å². The lowest BCUT2D eigenvalue weighted by Gasteiger charge is -2.16. The van der Waals surface area contributed by atoms with Crippen LogP contribution in [0.1, 0.15) is 17.5 Å². The van der Waals surface area contributed by atoms with Crippen molar-refractivity contribution in [3.05, 3.63) is 39.8 Å². The molecule has 2 rings (SSSR count). The van der Waals surface area contributed by atoms with E-state index < -0.39 is 0 Å². The summed E-state index contributed by atoms with van der Waals surface area (Å²) in [6.45, 7) is 0.171. The molecule has 0 aliphatic carbocycles. The first-order valence-corrected chi connectivity index (χ1v) is 5.22. The van der Waals surface area contributed by atoms with E-state index in [9.17, 15) is 4.79 Å². The van der Waals surface area contributed by atoms with Crippen LogP contribution < -0.4 is 5.32 Å². The van der Waals surface area contributed by atoms with Crippen molar-refractivity contribution < 1.29 is 4.79 Å². The number of aryl methyl sites for hydroxylation is 1. The Bertz CT molecular complexity index is 562. The van der Waals surface area contributed by atoms with Crippen LogP contribution in [-0.2, 0) is 11.2 Å². The highest BCUT2D eigenvalue weighted by molar-refractivity contribution is 5.93. The molecular formula is C12H10N4O. The lowest BCUT2D eigenvalue weighted by atomic mass is 10.0. The SMILES string of the molecule is [N-]=[N+]=NCC#Cc1ccc2c(c1)CCC(=O)N2. The Morgan fingerprint density at radius 3 is 3.18 bits per heavy atom. The highest BCUT2D eigenvalue weighted by atomic mass is 16.1. The van der Waals surface area contributed by atoms with E-state index in [-0.39, 0.29) is 12.5 Å². The highest BCUT2D eigenvalue weighted by Gasteiger charge is 2.13. The van der Waals surface area contributed by atoms with E-state index in [4.69, 9.17) is 5.53 Å². The van der Waals surface area contributed by atoms with Gasteiger partial charge in [-0.3, -0.25) is 4.79 Å². The first-order chi connectivity index (χ1) is 8.29. The number of carbonyl (C=O) groups is 1. The summed E-state index contributed by atoms with van der Waals surface area (Å²) >= 11 is 0. The third-order valence-electron chi connectivity index (χ3n) is 2.45. The summed E-state index contributed by atoms with van der Waals surface area (Å²) in [6, 6.07) is 5.65. The van der Waals surface area contributed by atoms with Crippen LogP contribution in [0.3, 0.4) is 0 Å². The summed E-state index contributed by atoms with van der Waals surface area (Å²) in [7, 11) is 0. The van der Waals surface area contributed by atoms with Crippen LogP contribution in [0.4, 0.5) is 5.69 Å². The predicted octanol–water partition coefficient (Wildman–Crippen LogP) is 2.23. The predicted molar refractivity (Wildman–Crippen MR) is 64.3 cm³/mol. The fourth-order valence-corrected chi connectivity index (χ4v) is 1.67. The number of carbonyl (C=O) groups excluding carboxylic acids is 1. The number of benzene rings is 1. The number of azide groups is 1. The summed E-state index contributed by atoms with van der Waals surface area (Å²) in [6.07, 6.45) is 1.26. The van der Waals surface area contributed by atoms with Gasteiger partial charge < -0.3 is 5.32 Å². The van der Waals surface area contributed by atoms with Gasteiger partial charge in [0, 0.05) is 22.6 Å². The van der Waals surface area contributed by atoms with Gasteiger partial charge in [0.25, 0.3) is 0 Å². The zero-order valence-electron chi connectivity index (χ0n) is 9.10. The molecule has 0 aromatic heterocycles. The molecule has 17 heavy (non-hydrogen) atoms. The molecule has 0 bridgehead atoms. The van der Waals surface area contributed by atoms with Crippen molar-refractivity contribution in [2.45, 2.75) is 12.8 Å². The van der Waals surface area contributed by atoms with E-state index >= 15 is 0 Å². The minimum atomic E-state index is 0.0553. The average molecular weight is 226 g/mol. The number of nitrogens with one attached hydrogen (secondary N) is 1. The second-order valence-electron chi connectivity index (χ2n) is 3.61. The molecule has 1 heterocycles. The summed E-state index contributed by atoms with van der Waals surface area (Å²) in [4.78, 5) is 13.8. The first-order valence-electron chi connectivity index (χ1n) is 5.22. The Kier molecular flexibility index (Phi) is 3.29. The fourth-order valence-electron chi connectivity index (χ4n) is 1.67. The number of nitrogens with zero attached hydrogens (tertiary/aromatic N) is 3. The molecule has 5 nitrogen and oxygen atoms in total. The molecular weight excluding hydrogens is 216 g/mol. The van der Waals surface area contributed by atoms with Crippen LogP contribution in [-0.4, -0.2) is 12.5 Å². The zero-order chi connectivity index (χ0) is 12.1. The van der Waals surface area contributed by atoms with E-state index in [1.807, 2.05) is 18.2 Å². The Labute approximate surface area is 98.5 Å². The molecule has 1 aliphatic heterocycles. The van der Waals surface area contributed by atoms with Gasteiger partial charge in [-0.25, -0.2) is 0 Å². The molecule has 0 spiro atoms. The third kappa shape index (κ3) is 2.77. The Morgan fingerprint density at radius 2 is 2.35 bits per heavy atom. The smallest absolute Gasteiger partial charge is 0.224 e.